The second-order valence-corrected chi connectivity index (χ2v) is 8.25. The third kappa shape index (κ3) is 4.75. The van der Waals surface area contributed by atoms with Crippen LogP contribution < -0.4 is 5.32 Å². The molecule has 1 fully saturated rings. The van der Waals surface area contributed by atoms with E-state index in [2.05, 4.69) is 10.4 Å². The van der Waals surface area contributed by atoms with Crippen LogP contribution in [0.25, 0.3) is 0 Å². The van der Waals surface area contributed by atoms with E-state index in [1.165, 1.54) is 24.3 Å². The molecule has 0 atom stereocenters. The van der Waals surface area contributed by atoms with Crippen LogP contribution in [-0.2, 0) is 7.05 Å². The van der Waals surface area contributed by atoms with Crippen molar-refractivity contribution in [2.45, 2.75) is 18.9 Å². The van der Waals surface area contributed by atoms with E-state index < -0.39 is 4.92 Å². The number of hydrogen-bond donors (Lipinski definition) is 1. The highest BCUT2D eigenvalue weighted by molar-refractivity contribution is 6.00. The highest BCUT2D eigenvalue weighted by atomic mass is 16.6. The van der Waals surface area contributed by atoms with Crippen LogP contribution in [0.5, 0.6) is 0 Å². The number of hydrogen-bond acceptors (Lipinski definition) is 6. The Morgan fingerprint density at radius 3 is 2.38 bits per heavy atom. The Hall–Kier alpha value is -4.21. The Kier molecular flexibility index (Phi) is 6.58. The predicted molar refractivity (Wildman–Crippen MR) is 127 cm³/mol. The van der Waals surface area contributed by atoms with Gasteiger partial charge >= 0.3 is 0 Å². The molecule has 3 aromatic rings. The first-order chi connectivity index (χ1) is 16.3. The Morgan fingerprint density at radius 1 is 1.09 bits per heavy atom. The number of non-ortho nitro benzene ring substituents is 1. The van der Waals surface area contributed by atoms with Crippen molar-refractivity contribution in [3.63, 3.8) is 0 Å². The fourth-order valence-corrected chi connectivity index (χ4v) is 4.13. The fraction of sp³-hybridized carbons (Fsp3) is 0.292. The first-order valence-electron chi connectivity index (χ1n) is 11.0. The quantitative estimate of drug-likeness (QED) is 0.443. The van der Waals surface area contributed by atoms with Gasteiger partial charge in [-0.15, -0.1) is 0 Å². The van der Waals surface area contributed by atoms with E-state index in [0.717, 1.165) is 5.82 Å². The zero-order chi connectivity index (χ0) is 24.2. The first-order valence-corrected chi connectivity index (χ1v) is 11.0. The minimum Gasteiger partial charge on any atom is -0.340 e. The van der Waals surface area contributed by atoms with Gasteiger partial charge in [-0.05, 0) is 37.1 Å². The number of para-hydroxylation sites is 1. The van der Waals surface area contributed by atoms with E-state index in [9.17, 15) is 19.7 Å². The largest absolute Gasteiger partial charge is 0.340 e. The maximum Gasteiger partial charge on any atom is 0.269 e. The predicted octanol–water partition coefficient (Wildman–Crippen LogP) is 3.45. The van der Waals surface area contributed by atoms with Crippen molar-refractivity contribution in [1.29, 1.82) is 0 Å². The number of nitrogens with one attached hydrogen (secondary N) is 1. The van der Waals surface area contributed by atoms with E-state index in [4.69, 9.17) is 0 Å². The maximum absolute atomic E-state index is 13.3. The standard InChI is InChI=1S/C24H26N6O4/c1-27(23(31)17-7-9-19(10-8-17)30(33)34)18-12-15-29(16-13-18)24(32)20-5-3-4-6-21(20)26-22-11-14-25-28(22)2/h3-11,14,18,26H,12-13,15-16H2,1-2H3. The molecule has 0 spiro atoms. The summed E-state index contributed by atoms with van der Waals surface area (Å²) in [4.78, 5) is 39.9. The lowest BCUT2D eigenvalue weighted by Crippen LogP contribution is -2.47. The molecule has 34 heavy (non-hydrogen) atoms. The number of aromatic nitrogens is 2. The second kappa shape index (κ2) is 9.74. The number of piperidine rings is 1. The van der Waals surface area contributed by atoms with Gasteiger partial charge in [0, 0.05) is 57.0 Å². The number of anilines is 2. The summed E-state index contributed by atoms with van der Waals surface area (Å²) in [5.74, 6) is 0.531. The zero-order valence-corrected chi connectivity index (χ0v) is 19.0. The molecule has 0 unspecified atom stereocenters. The average molecular weight is 463 g/mol. The molecule has 0 bridgehead atoms. The van der Waals surface area contributed by atoms with Crippen LogP contribution in [0, 0.1) is 10.1 Å². The van der Waals surface area contributed by atoms with Crippen LogP contribution in [0.1, 0.15) is 33.6 Å². The molecule has 1 saturated heterocycles. The molecular formula is C24H26N6O4. The molecule has 0 aliphatic carbocycles. The summed E-state index contributed by atoms with van der Waals surface area (Å²) in [5.41, 5.74) is 1.65. The molecule has 0 radical (unpaired) electrons. The molecule has 1 aliphatic heterocycles. The molecule has 1 aliphatic rings. The number of benzene rings is 2. The molecule has 176 valence electrons. The van der Waals surface area contributed by atoms with Crippen molar-refractivity contribution in [3.05, 3.63) is 82.0 Å². The fourth-order valence-electron chi connectivity index (χ4n) is 4.13. The summed E-state index contributed by atoms with van der Waals surface area (Å²) in [5, 5.41) is 18.3. The van der Waals surface area contributed by atoms with Gasteiger partial charge in [0.15, 0.2) is 0 Å². The van der Waals surface area contributed by atoms with Gasteiger partial charge in [-0.25, -0.2) is 0 Å². The average Bonchev–Trinajstić information content (AvgIpc) is 3.27. The monoisotopic (exact) mass is 462 g/mol. The van der Waals surface area contributed by atoms with Crippen molar-refractivity contribution < 1.29 is 14.5 Å². The van der Waals surface area contributed by atoms with E-state index in [1.807, 2.05) is 36.2 Å². The van der Waals surface area contributed by atoms with Gasteiger partial charge in [0.05, 0.1) is 22.4 Å². The smallest absolute Gasteiger partial charge is 0.269 e. The molecule has 0 saturated carbocycles. The molecule has 2 heterocycles. The Labute approximate surface area is 196 Å². The first kappa shape index (κ1) is 23.0. The normalized spacial score (nSPS) is 14.0. The molecule has 2 aromatic carbocycles. The van der Waals surface area contributed by atoms with Crippen LogP contribution in [0.2, 0.25) is 0 Å². The minimum absolute atomic E-state index is 0.0189. The lowest BCUT2D eigenvalue weighted by Gasteiger charge is -2.37. The van der Waals surface area contributed by atoms with Crippen LogP contribution >= 0.6 is 0 Å². The molecule has 2 amide bonds. The minimum atomic E-state index is -0.491. The number of carbonyl (C=O) groups excluding carboxylic acids is 2. The van der Waals surface area contributed by atoms with Gasteiger partial charge in [0.1, 0.15) is 5.82 Å². The maximum atomic E-state index is 13.3. The number of amides is 2. The van der Waals surface area contributed by atoms with Gasteiger partial charge in [-0.3, -0.25) is 24.4 Å². The number of aryl methyl sites for hydroxylation is 1. The summed E-state index contributed by atoms with van der Waals surface area (Å²) in [6.45, 7) is 1.06. The summed E-state index contributed by atoms with van der Waals surface area (Å²) >= 11 is 0. The SMILES string of the molecule is CN(C(=O)c1ccc([N+](=O)[O-])cc1)C1CCN(C(=O)c2ccccc2Nc2ccnn2C)CC1. The van der Waals surface area contributed by atoms with Crippen LogP contribution in [0.3, 0.4) is 0 Å². The van der Waals surface area contributed by atoms with E-state index >= 15 is 0 Å². The third-order valence-electron chi connectivity index (χ3n) is 6.19. The summed E-state index contributed by atoms with van der Waals surface area (Å²) in [6.07, 6.45) is 2.99. The molecule has 10 nitrogen and oxygen atoms in total. The number of carbonyl (C=O) groups is 2. The van der Waals surface area contributed by atoms with Gasteiger partial charge in [-0.2, -0.15) is 5.10 Å². The molecule has 10 heteroatoms. The van der Waals surface area contributed by atoms with Crippen LogP contribution in [0.4, 0.5) is 17.2 Å². The Balaban J connectivity index is 1.39. The number of nitrogens with zero attached hydrogens (tertiary/aromatic N) is 5. The van der Waals surface area contributed by atoms with E-state index in [0.29, 0.717) is 42.7 Å². The molecule has 1 N–H and O–H groups in total. The van der Waals surface area contributed by atoms with Crippen molar-refractivity contribution in [2.24, 2.45) is 7.05 Å². The number of nitro benzene ring substituents is 1. The van der Waals surface area contributed by atoms with Crippen molar-refractivity contribution in [1.82, 2.24) is 19.6 Å². The van der Waals surface area contributed by atoms with E-state index in [1.54, 1.807) is 28.9 Å². The molecular weight excluding hydrogens is 436 g/mol. The van der Waals surface area contributed by atoms with Gasteiger partial charge in [0.25, 0.3) is 17.5 Å². The second-order valence-electron chi connectivity index (χ2n) is 8.25. The highest BCUT2D eigenvalue weighted by Crippen LogP contribution is 2.25. The van der Waals surface area contributed by atoms with Gasteiger partial charge in [-0.1, -0.05) is 12.1 Å². The third-order valence-corrected chi connectivity index (χ3v) is 6.19. The van der Waals surface area contributed by atoms with Crippen molar-refractivity contribution in [2.75, 3.05) is 25.5 Å². The summed E-state index contributed by atoms with van der Waals surface area (Å²) in [6, 6.07) is 14.8. The molecule has 4 rings (SSSR count). The van der Waals surface area contributed by atoms with Gasteiger partial charge < -0.3 is 15.1 Å². The Morgan fingerprint density at radius 2 is 1.76 bits per heavy atom. The Bertz CT molecular complexity index is 1200. The lowest BCUT2D eigenvalue weighted by atomic mass is 10.0. The van der Waals surface area contributed by atoms with Gasteiger partial charge in [0.2, 0.25) is 0 Å². The summed E-state index contributed by atoms with van der Waals surface area (Å²) in [7, 11) is 3.56. The lowest BCUT2D eigenvalue weighted by molar-refractivity contribution is -0.384. The number of likely N-dealkylation sites (tertiary alicyclic amines) is 1. The van der Waals surface area contributed by atoms with E-state index in [-0.39, 0.29) is 23.5 Å². The highest BCUT2D eigenvalue weighted by Gasteiger charge is 2.29. The van der Waals surface area contributed by atoms with Crippen molar-refractivity contribution in [3.8, 4) is 0 Å². The topological polar surface area (TPSA) is 114 Å². The van der Waals surface area contributed by atoms with Crippen LogP contribution in [0.15, 0.2) is 60.8 Å². The number of nitro groups is 1. The van der Waals surface area contributed by atoms with Crippen molar-refractivity contribution >= 4 is 29.0 Å². The van der Waals surface area contributed by atoms with Crippen LogP contribution in [-0.4, -0.2) is 62.5 Å². The zero-order valence-electron chi connectivity index (χ0n) is 19.0. The number of rotatable bonds is 6. The molecule has 1 aromatic heterocycles. The summed E-state index contributed by atoms with van der Waals surface area (Å²) < 4.78 is 1.70.